The molecule has 0 saturated heterocycles. The molecule has 1 heterocycles. The third kappa shape index (κ3) is 4.00. The molecule has 1 amide bonds. The number of tetrazole rings is 1. The van der Waals surface area contributed by atoms with Gasteiger partial charge in [-0.1, -0.05) is 29.8 Å². The zero-order valence-electron chi connectivity index (χ0n) is 13.1. The fraction of sp³-hybridized carbons (Fsp3) is 0.118. The van der Waals surface area contributed by atoms with Gasteiger partial charge in [0.15, 0.2) is 0 Å². The van der Waals surface area contributed by atoms with Gasteiger partial charge in [0, 0.05) is 16.3 Å². The van der Waals surface area contributed by atoms with Gasteiger partial charge in [-0.25, -0.2) is 0 Å². The average molecular weight is 353 g/mol. The summed E-state index contributed by atoms with van der Waals surface area (Å²) in [4.78, 5) is 15.1. The van der Waals surface area contributed by atoms with Crippen LogP contribution < -0.4 is 4.90 Å². The molecule has 0 N–H and O–H groups in total. The second-order valence-electron chi connectivity index (χ2n) is 5.12. The van der Waals surface area contributed by atoms with Crippen LogP contribution in [0, 0.1) is 11.3 Å². The molecule has 0 aliphatic heterocycles. The molecule has 25 heavy (non-hydrogen) atoms. The summed E-state index contributed by atoms with van der Waals surface area (Å²) in [5.41, 5.74) is 1.40. The molecule has 0 spiro atoms. The van der Waals surface area contributed by atoms with Crippen LogP contribution in [0.2, 0.25) is 5.02 Å². The van der Waals surface area contributed by atoms with Gasteiger partial charge in [-0.3, -0.25) is 9.69 Å². The van der Waals surface area contributed by atoms with E-state index in [-0.39, 0.29) is 19.0 Å². The Kier molecular flexibility index (Phi) is 5.02. The van der Waals surface area contributed by atoms with Crippen molar-refractivity contribution in [1.29, 1.82) is 5.26 Å². The van der Waals surface area contributed by atoms with Crippen molar-refractivity contribution in [3.63, 3.8) is 0 Å². The number of carbonyl (C=O) groups excluding carboxylic acids is 1. The standard InChI is InChI=1S/C17H13ClN6O/c18-14-8-6-13(7-9-14)17-20-22-24(21-17)12-16(25)23(11-10-19)15-4-2-1-3-5-15/h1-9H,11-12H2. The van der Waals surface area contributed by atoms with E-state index in [2.05, 4.69) is 15.4 Å². The number of nitrogens with zero attached hydrogens (tertiary/aromatic N) is 6. The van der Waals surface area contributed by atoms with Crippen LogP contribution in [0.4, 0.5) is 5.69 Å². The van der Waals surface area contributed by atoms with Crippen molar-refractivity contribution >= 4 is 23.2 Å². The molecule has 0 atom stereocenters. The summed E-state index contributed by atoms with van der Waals surface area (Å²) in [6.45, 7) is -0.168. The number of para-hydroxylation sites is 1. The first-order valence-electron chi connectivity index (χ1n) is 7.43. The molecule has 0 unspecified atom stereocenters. The lowest BCUT2D eigenvalue weighted by Gasteiger charge is -2.19. The van der Waals surface area contributed by atoms with Crippen molar-refractivity contribution in [2.24, 2.45) is 0 Å². The summed E-state index contributed by atoms with van der Waals surface area (Å²) in [7, 11) is 0. The number of carbonyl (C=O) groups is 1. The third-order valence-corrected chi connectivity index (χ3v) is 3.68. The summed E-state index contributed by atoms with van der Waals surface area (Å²) in [5, 5.41) is 21.7. The number of aromatic nitrogens is 4. The summed E-state index contributed by atoms with van der Waals surface area (Å²) in [6.07, 6.45) is 0. The molecule has 0 fully saturated rings. The van der Waals surface area contributed by atoms with Crippen molar-refractivity contribution in [2.75, 3.05) is 11.4 Å². The van der Waals surface area contributed by atoms with Gasteiger partial charge in [0.2, 0.25) is 5.82 Å². The Bertz CT molecular complexity index is 901. The van der Waals surface area contributed by atoms with Gasteiger partial charge in [-0.05, 0) is 41.6 Å². The van der Waals surface area contributed by atoms with E-state index < -0.39 is 0 Å². The number of benzene rings is 2. The Morgan fingerprint density at radius 3 is 2.56 bits per heavy atom. The number of amides is 1. The molecule has 124 valence electrons. The largest absolute Gasteiger partial charge is 0.297 e. The van der Waals surface area contributed by atoms with Crippen molar-refractivity contribution in [3.8, 4) is 17.5 Å². The maximum Gasteiger partial charge on any atom is 0.251 e. The molecular formula is C17H13ClN6O. The van der Waals surface area contributed by atoms with E-state index in [1.54, 1.807) is 48.5 Å². The fourth-order valence-corrected chi connectivity index (χ4v) is 2.36. The van der Waals surface area contributed by atoms with E-state index in [1.165, 1.54) is 9.70 Å². The molecule has 0 aliphatic rings. The first-order valence-corrected chi connectivity index (χ1v) is 7.81. The van der Waals surface area contributed by atoms with Crippen LogP contribution in [0.25, 0.3) is 11.4 Å². The van der Waals surface area contributed by atoms with Crippen molar-refractivity contribution in [2.45, 2.75) is 6.54 Å². The van der Waals surface area contributed by atoms with Crippen LogP contribution in [0.1, 0.15) is 0 Å². The van der Waals surface area contributed by atoms with Crippen molar-refractivity contribution in [1.82, 2.24) is 20.2 Å². The topological polar surface area (TPSA) is 87.7 Å². The molecule has 1 aromatic heterocycles. The molecular weight excluding hydrogens is 340 g/mol. The van der Waals surface area contributed by atoms with Crippen molar-refractivity contribution < 1.29 is 4.79 Å². The minimum absolute atomic E-state index is 0.0540. The quantitative estimate of drug-likeness (QED) is 0.658. The molecule has 3 rings (SSSR count). The fourth-order valence-electron chi connectivity index (χ4n) is 2.23. The molecule has 7 nitrogen and oxygen atoms in total. The minimum atomic E-state index is -0.298. The highest BCUT2D eigenvalue weighted by atomic mass is 35.5. The summed E-state index contributed by atoms with van der Waals surface area (Å²) in [5.74, 6) is 0.101. The molecule has 0 bridgehead atoms. The van der Waals surface area contributed by atoms with Crippen LogP contribution in [-0.2, 0) is 11.3 Å². The zero-order valence-corrected chi connectivity index (χ0v) is 13.8. The lowest BCUT2D eigenvalue weighted by molar-refractivity contribution is -0.119. The van der Waals surface area contributed by atoms with Gasteiger partial charge in [-0.15, -0.1) is 10.2 Å². The average Bonchev–Trinajstić information content (AvgIpc) is 3.09. The van der Waals surface area contributed by atoms with Crippen LogP contribution in [-0.4, -0.2) is 32.7 Å². The molecule has 0 aliphatic carbocycles. The summed E-state index contributed by atoms with van der Waals surface area (Å²) < 4.78 is 0. The van der Waals surface area contributed by atoms with E-state index in [0.717, 1.165) is 5.56 Å². The lowest BCUT2D eigenvalue weighted by Crippen LogP contribution is -2.34. The van der Waals surface area contributed by atoms with E-state index in [9.17, 15) is 4.79 Å². The van der Waals surface area contributed by atoms with Gasteiger partial charge >= 0.3 is 0 Å². The van der Waals surface area contributed by atoms with Gasteiger partial charge in [-0.2, -0.15) is 10.1 Å². The van der Waals surface area contributed by atoms with Crippen LogP contribution in [0.5, 0.6) is 0 Å². The Morgan fingerprint density at radius 1 is 1.16 bits per heavy atom. The highest BCUT2D eigenvalue weighted by Crippen LogP contribution is 2.17. The normalized spacial score (nSPS) is 10.2. The smallest absolute Gasteiger partial charge is 0.251 e. The maximum absolute atomic E-state index is 12.5. The molecule has 0 saturated carbocycles. The van der Waals surface area contributed by atoms with Crippen LogP contribution in [0.15, 0.2) is 54.6 Å². The Balaban J connectivity index is 1.76. The van der Waals surface area contributed by atoms with E-state index in [4.69, 9.17) is 16.9 Å². The van der Waals surface area contributed by atoms with Gasteiger partial charge in [0.1, 0.15) is 13.1 Å². The highest BCUT2D eigenvalue weighted by molar-refractivity contribution is 6.30. The minimum Gasteiger partial charge on any atom is -0.297 e. The molecule has 2 aromatic carbocycles. The Labute approximate surface area is 149 Å². The number of hydrogen-bond donors (Lipinski definition) is 0. The maximum atomic E-state index is 12.5. The summed E-state index contributed by atoms with van der Waals surface area (Å²) >= 11 is 5.86. The number of hydrogen-bond acceptors (Lipinski definition) is 5. The van der Waals surface area contributed by atoms with Crippen molar-refractivity contribution in [3.05, 3.63) is 59.6 Å². The highest BCUT2D eigenvalue weighted by Gasteiger charge is 2.17. The van der Waals surface area contributed by atoms with Crippen LogP contribution >= 0.6 is 11.6 Å². The molecule has 8 heteroatoms. The van der Waals surface area contributed by atoms with E-state index >= 15 is 0 Å². The second-order valence-corrected chi connectivity index (χ2v) is 5.56. The monoisotopic (exact) mass is 352 g/mol. The van der Waals surface area contributed by atoms with Gasteiger partial charge in [0.25, 0.3) is 5.91 Å². The first kappa shape index (κ1) is 16.6. The zero-order chi connectivity index (χ0) is 17.6. The number of anilines is 1. The Hall–Kier alpha value is -3.24. The van der Waals surface area contributed by atoms with Crippen LogP contribution in [0.3, 0.4) is 0 Å². The van der Waals surface area contributed by atoms with Gasteiger partial charge < -0.3 is 0 Å². The number of rotatable bonds is 5. The lowest BCUT2D eigenvalue weighted by atomic mass is 10.2. The predicted molar refractivity (Wildman–Crippen MR) is 92.7 cm³/mol. The summed E-state index contributed by atoms with van der Waals surface area (Å²) in [6, 6.07) is 18.0. The second kappa shape index (κ2) is 7.55. The number of nitriles is 1. The molecule has 0 radical (unpaired) electrons. The third-order valence-electron chi connectivity index (χ3n) is 3.43. The number of halogens is 1. The van der Waals surface area contributed by atoms with E-state index in [1.807, 2.05) is 12.1 Å². The SMILES string of the molecule is N#CCN(C(=O)Cn1nnc(-c2ccc(Cl)cc2)n1)c1ccccc1. The Morgan fingerprint density at radius 2 is 1.88 bits per heavy atom. The van der Waals surface area contributed by atoms with Gasteiger partial charge in [0.05, 0.1) is 6.07 Å². The predicted octanol–water partition coefficient (Wildman–Crippen LogP) is 2.55. The molecule has 3 aromatic rings. The first-order chi connectivity index (χ1) is 12.2. The van der Waals surface area contributed by atoms with E-state index in [0.29, 0.717) is 16.5 Å².